The van der Waals surface area contributed by atoms with E-state index in [4.69, 9.17) is 18.0 Å². The predicted octanol–water partition coefficient (Wildman–Crippen LogP) is 2.50. The maximum Gasteiger partial charge on any atom is 0.220 e. The smallest absolute Gasteiger partial charge is 0.220 e. The summed E-state index contributed by atoms with van der Waals surface area (Å²) in [4.78, 5) is 12.2. The molecule has 0 saturated heterocycles. The molecule has 3 nitrogen and oxygen atoms in total. The highest BCUT2D eigenvalue weighted by molar-refractivity contribution is 7.80. The Labute approximate surface area is 120 Å². The average Bonchev–Trinajstić information content (AvgIpc) is 2.35. The van der Waals surface area contributed by atoms with Crippen LogP contribution in [0.2, 0.25) is 0 Å². The summed E-state index contributed by atoms with van der Waals surface area (Å²) in [5, 5.41) is 2.92. The molecular weight excluding hydrogens is 256 g/mol. The molecule has 1 rings (SSSR count). The van der Waals surface area contributed by atoms with Gasteiger partial charge >= 0.3 is 0 Å². The largest absolute Gasteiger partial charge is 0.393 e. The second-order valence-corrected chi connectivity index (χ2v) is 5.29. The van der Waals surface area contributed by atoms with Gasteiger partial charge in [-0.1, -0.05) is 42.0 Å². The van der Waals surface area contributed by atoms with E-state index < -0.39 is 0 Å². The van der Waals surface area contributed by atoms with Gasteiger partial charge in [-0.25, -0.2) is 0 Å². The first kappa shape index (κ1) is 15.6. The molecule has 4 heteroatoms. The van der Waals surface area contributed by atoms with Crippen LogP contribution in [0.1, 0.15) is 36.8 Å². The lowest BCUT2D eigenvalue weighted by Crippen LogP contribution is -2.24. The lowest BCUT2D eigenvalue weighted by atomic mass is 10.1. The summed E-state index contributed by atoms with van der Waals surface area (Å²) in [5.74, 6) is 0.108. The molecule has 0 heterocycles. The highest BCUT2D eigenvalue weighted by Crippen LogP contribution is 2.06. The molecule has 0 fully saturated rings. The van der Waals surface area contributed by atoms with Crippen molar-refractivity contribution in [1.29, 1.82) is 0 Å². The highest BCUT2D eigenvalue weighted by atomic mass is 32.1. The van der Waals surface area contributed by atoms with Gasteiger partial charge in [-0.2, -0.15) is 0 Å². The molecule has 0 bridgehead atoms. The molecule has 0 aliphatic rings. The van der Waals surface area contributed by atoms with Crippen LogP contribution in [-0.2, 0) is 11.2 Å². The highest BCUT2D eigenvalue weighted by Gasteiger charge is 2.02. The van der Waals surface area contributed by atoms with Crippen molar-refractivity contribution < 1.29 is 4.79 Å². The molecule has 0 saturated carbocycles. The minimum absolute atomic E-state index is 0.108. The van der Waals surface area contributed by atoms with Gasteiger partial charge in [-0.3, -0.25) is 4.79 Å². The Kier molecular flexibility index (Phi) is 7.11. The van der Waals surface area contributed by atoms with E-state index in [2.05, 4.69) is 30.4 Å². The van der Waals surface area contributed by atoms with Gasteiger partial charge < -0.3 is 11.1 Å². The van der Waals surface area contributed by atoms with Gasteiger partial charge in [0.05, 0.1) is 4.99 Å². The van der Waals surface area contributed by atoms with Crippen molar-refractivity contribution in [2.75, 3.05) is 6.54 Å². The summed E-state index contributed by atoms with van der Waals surface area (Å²) < 4.78 is 0. The SMILES string of the molecule is Cc1cccc(CCC(=O)NCCCCC(N)=S)c1. The molecule has 19 heavy (non-hydrogen) atoms. The summed E-state index contributed by atoms with van der Waals surface area (Å²) in [5.41, 5.74) is 7.85. The third-order valence-corrected chi connectivity index (χ3v) is 3.10. The fourth-order valence-corrected chi connectivity index (χ4v) is 2.01. The third-order valence-electron chi connectivity index (χ3n) is 2.90. The van der Waals surface area contributed by atoms with Crippen LogP contribution in [0.15, 0.2) is 24.3 Å². The van der Waals surface area contributed by atoms with Crippen LogP contribution < -0.4 is 11.1 Å². The summed E-state index contributed by atoms with van der Waals surface area (Å²) in [6, 6.07) is 8.27. The first-order valence-corrected chi connectivity index (χ1v) is 7.09. The Morgan fingerprint density at radius 1 is 1.32 bits per heavy atom. The second-order valence-electron chi connectivity index (χ2n) is 4.76. The summed E-state index contributed by atoms with van der Waals surface area (Å²) >= 11 is 4.79. The standard InChI is InChI=1S/C15H22N2OS/c1-12-5-4-6-13(11-12)8-9-15(18)17-10-3-2-7-14(16)19/h4-6,11H,2-3,7-10H2,1H3,(H2,16,19)(H,17,18). The van der Waals surface area contributed by atoms with Gasteiger partial charge in [0.25, 0.3) is 0 Å². The molecule has 0 aliphatic heterocycles. The van der Waals surface area contributed by atoms with Crippen LogP contribution in [0.4, 0.5) is 0 Å². The molecule has 104 valence electrons. The van der Waals surface area contributed by atoms with E-state index in [0.717, 1.165) is 25.7 Å². The topological polar surface area (TPSA) is 55.1 Å². The van der Waals surface area contributed by atoms with Gasteiger partial charge in [-0.15, -0.1) is 0 Å². The Hall–Kier alpha value is -1.42. The number of carbonyl (C=O) groups excluding carboxylic acids is 1. The fraction of sp³-hybridized carbons (Fsp3) is 0.467. The Morgan fingerprint density at radius 3 is 2.79 bits per heavy atom. The number of nitrogens with two attached hydrogens (primary N) is 1. The molecule has 0 radical (unpaired) electrons. The van der Waals surface area contributed by atoms with Crippen molar-refractivity contribution in [2.45, 2.75) is 39.0 Å². The van der Waals surface area contributed by atoms with Crippen LogP contribution in [0.3, 0.4) is 0 Å². The van der Waals surface area contributed by atoms with Gasteiger partial charge in [0.15, 0.2) is 0 Å². The molecule has 0 unspecified atom stereocenters. The molecule has 0 spiro atoms. The average molecular weight is 278 g/mol. The van der Waals surface area contributed by atoms with Crippen molar-refractivity contribution in [2.24, 2.45) is 5.73 Å². The number of aryl methyl sites for hydroxylation is 2. The Bertz CT molecular complexity index is 432. The second kappa shape index (κ2) is 8.64. The lowest BCUT2D eigenvalue weighted by Gasteiger charge is -2.05. The van der Waals surface area contributed by atoms with Gasteiger partial charge in [0.1, 0.15) is 0 Å². The summed E-state index contributed by atoms with van der Waals surface area (Å²) in [6.07, 6.45) is 3.95. The van der Waals surface area contributed by atoms with Gasteiger partial charge in [-0.05, 0) is 38.2 Å². The van der Waals surface area contributed by atoms with Crippen LogP contribution in [-0.4, -0.2) is 17.4 Å². The third kappa shape index (κ3) is 7.57. The minimum Gasteiger partial charge on any atom is -0.393 e. The van der Waals surface area contributed by atoms with E-state index >= 15 is 0 Å². The van der Waals surface area contributed by atoms with Crippen molar-refractivity contribution in [1.82, 2.24) is 5.32 Å². The van der Waals surface area contributed by atoms with Gasteiger partial charge in [0.2, 0.25) is 5.91 Å². The number of hydrogen-bond donors (Lipinski definition) is 2. The first-order chi connectivity index (χ1) is 9.08. The summed E-state index contributed by atoms with van der Waals surface area (Å²) in [7, 11) is 0. The summed E-state index contributed by atoms with van der Waals surface area (Å²) in [6.45, 7) is 2.76. The number of unbranched alkanes of at least 4 members (excludes halogenated alkanes) is 1. The van der Waals surface area contributed by atoms with E-state index in [-0.39, 0.29) is 5.91 Å². The van der Waals surface area contributed by atoms with Crippen molar-refractivity contribution in [3.63, 3.8) is 0 Å². The number of nitrogens with one attached hydrogen (secondary N) is 1. The molecule has 1 aromatic carbocycles. The predicted molar refractivity (Wildman–Crippen MR) is 83.1 cm³/mol. The molecule has 0 aromatic heterocycles. The molecular formula is C15H22N2OS. The molecule has 0 aliphatic carbocycles. The van der Waals surface area contributed by atoms with Crippen LogP contribution >= 0.6 is 12.2 Å². The van der Waals surface area contributed by atoms with E-state index in [1.165, 1.54) is 11.1 Å². The Balaban J connectivity index is 2.13. The number of amides is 1. The zero-order valence-corrected chi connectivity index (χ0v) is 12.3. The van der Waals surface area contributed by atoms with E-state index in [0.29, 0.717) is 18.0 Å². The Morgan fingerprint density at radius 2 is 2.11 bits per heavy atom. The minimum atomic E-state index is 0.108. The molecule has 1 amide bonds. The van der Waals surface area contributed by atoms with E-state index in [1.807, 2.05) is 6.07 Å². The maximum atomic E-state index is 11.6. The van der Waals surface area contributed by atoms with E-state index in [9.17, 15) is 4.79 Å². The van der Waals surface area contributed by atoms with Crippen LogP contribution in [0.25, 0.3) is 0 Å². The van der Waals surface area contributed by atoms with Crippen molar-refractivity contribution >= 4 is 23.1 Å². The molecule has 3 N–H and O–H groups in total. The fourth-order valence-electron chi connectivity index (χ4n) is 1.87. The number of hydrogen-bond acceptors (Lipinski definition) is 2. The monoisotopic (exact) mass is 278 g/mol. The maximum absolute atomic E-state index is 11.6. The van der Waals surface area contributed by atoms with Crippen molar-refractivity contribution in [3.8, 4) is 0 Å². The quantitative estimate of drug-likeness (QED) is 0.567. The zero-order chi connectivity index (χ0) is 14.1. The molecule has 1 aromatic rings. The number of rotatable bonds is 8. The van der Waals surface area contributed by atoms with Gasteiger partial charge in [0, 0.05) is 13.0 Å². The van der Waals surface area contributed by atoms with E-state index in [1.54, 1.807) is 0 Å². The first-order valence-electron chi connectivity index (χ1n) is 6.68. The number of benzene rings is 1. The molecule has 0 atom stereocenters. The lowest BCUT2D eigenvalue weighted by molar-refractivity contribution is -0.121. The number of thiocarbonyl (C=S) groups is 1. The zero-order valence-electron chi connectivity index (χ0n) is 11.4. The number of carbonyl (C=O) groups is 1. The van der Waals surface area contributed by atoms with Crippen LogP contribution in [0, 0.1) is 6.92 Å². The normalized spacial score (nSPS) is 10.2. The van der Waals surface area contributed by atoms with Crippen molar-refractivity contribution in [3.05, 3.63) is 35.4 Å². The van der Waals surface area contributed by atoms with Crippen LogP contribution in [0.5, 0.6) is 0 Å².